The molecule has 0 radical (unpaired) electrons. The molecule has 0 aromatic heterocycles. The fourth-order valence-electron chi connectivity index (χ4n) is 4.18. The van der Waals surface area contributed by atoms with E-state index in [1.54, 1.807) is 0 Å². The van der Waals surface area contributed by atoms with Crippen molar-refractivity contribution in [3.8, 4) is 0 Å². The molecule has 4 nitrogen and oxygen atoms in total. The van der Waals surface area contributed by atoms with Gasteiger partial charge in [-0.25, -0.2) is 0 Å². The summed E-state index contributed by atoms with van der Waals surface area (Å²) in [6, 6.07) is 0. The van der Waals surface area contributed by atoms with Crippen LogP contribution in [0, 0.1) is 23.7 Å². The molecule has 0 amide bonds. The maximum absolute atomic E-state index is 11.2. The van der Waals surface area contributed by atoms with Crippen LogP contribution in [0.5, 0.6) is 0 Å². The molecule has 1 spiro atoms. The van der Waals surface area contributed by atoms with Crippen molar-refractivity contribution in [2.45, 2.75) is 18.8 Å². The maximum atomic E-state index is 11.2. The summed E-state index contributed by atoms with van der Waals surface area (Å²) < 4.78 is 17.2. The van der Waals surface area contributed by atoms with Gasteiger partial charge in [-0.2, -0.15) is 0 Å². The van der Waals surface area contributed by atoms with E-state index in [0.717, 1.165) is 0 Å². The van der Waals surface area contributed by atoms with E-state index in [0.29, 0.717) is 19.1 Å². The number of carbonyl (C=O) groups excluding carboxylic acids is 1. The topological polar surface area (TPSA) is 44.8 Å². The molecule has 1 saturated carbocycles. The fourth-order valence-corrected chi connectivity index (χ4v) is 4.18. The van der Waals surface area contributed by atoms with E-state index in [1.165, 1.54) is 6.92 Å². The van der Waals surface area contributed by atoms with Gasteiger partial charge in [-0.3, -0.25) is 4.79 Å². The van der Waals surface area contributed by atoms with Crippen molar-refractivity contribution in [2.24, 2.45) is 23.7 Å². The summed E-state index contributed by atoms with van der Waals surface area (Å²) in [4.78, 5) is 11.2. The lowest BCUT2D eigenvalue weighted by atomic mass is 9.84. The molecule has 1 aliphatic heterocycles. The molecule has 2 bridgehead atoms. The van der Waals surface area contributed by atoms with E-state index in [4.69, 9.17) is 14.2 Å². The zero-order chi connectivity index (χ0) is 12.3. The van der Waals surface area contributed by atoms with Crippen LogP contribution < -0.4 is 0 Å². The van der Waals surface area contributed by atoms with Gasteiger partial charge in [0.1, 0.15) is 6.10 Å². The Morgan fingerprint density at radius 1 is 1.17 bits per heavy atom. The summed E-state index contributed by atoms with van der Waals surface area (Å²) in [5, 5.41) is 0. The van der Waals surface area contributed by atoms with Crippen LogP contribution in [0.15, 0.2) is 24.3 Å². The van der Waals surface area contributed by atoms with Gasteiger partial charge >= 0.3 is 5.97 Å². The number of esters is 1. The Balaban J connectivity index is 1.67. The van der Waals surface area contributed by atoms with Gasteiger partial charge < -0.3 is 14.2 Å². The number of allylic oxidation sites excluding steroid dienone is 1. The van der Waals surface area contributed by atoms with Gasteiger partial charge in [0.2, 0.25) is 0 Å². The van der Waals surface area contributed by atoms with Crippen LogP contribution in [0.25, 0.3) is 0 Å². The van der Waals surface area contributed by atoms with Crippen molar-refractivity contribution in [3.05, 3.63) is 24.3 Å². The Morgan fingerprint density at radius 3 is 2.61 bits per heavy atom. The zero-order valence-corrected chi connectivity index (χ0v) is 10.2. The molecule has 4 heteroatoms. The lowest BCUT2D eigenvalue weighted by Gasteiger charge is -2.30. The highest BCUT2D eigenvalue weighted by Crippen LogP contribution is 2.61. The Hall–Kier alpha value is -1.13. The number of carbonyl (C=O) groups is 1. The molecule has 4 rings (SSSR count). The van der Waals surface area contributed by atoms with Gasteiger partial charge in [0.05, 0.1) is 13.2 Å². The highest BCUT2D eigenvalue weighted by atomic mass is 16.7. The van der Waals surface area contributed by atoms with Gasteiger partial charge in [-0.1, -0.05) is 18.2 Å². The third kappa shape index (κ3) is 1.15. The molecular formula is C14H16O4. The zero-order valence-electron chi connectivity index (χ0n) is 10.2. The SMILES string of the molecule is CC(=O)O[C@H]1C=C[C@@H]2[C@@H]1[C@@H]1C=C[C@@H]2C12OCCO2. The van der Waals surface area contributed by atoms with Crippen molar-refractivity contribution in [2.75, 3.05) is 13.2 Å². The molecule has 18 heavy (non-hydrogen) atoms. The van der Waals surface area contributed by atoms with Crippen LogP contribution in [0.1, 0.15) is 6.92 Å². The summed E-state index contributed by atoms with van der Waals surface area (Å²) in [6.45, 7) is 2.79. The minimum atomic E-state index is -0.474. The summed E-state index contributed by atoms with van der Waals surface area (Å²) in [7, 11) is 0. The number of ether oxygens (including phenoxy) is 3. The van der Waals surface area contributed by atoms with Crippen LogP contribution in [-0.4, -0.2) is 31.1 Å². The molecule has 5 atom stereocenters. The van der Waals surface area contributed by atoms with Gasteiger partial charge in [-0.15, -0.1) is 0 Å². The van der Waals surface area contributed by atoms with Gasteiger partial charge in [0.25, 0.3) is 0 Å². The summed E-state index contributed by atoms with van der Waals surface area (Å²) >= 11 is 0. The lowest BCUT2D eigenvalue weighted by molar-refractivity contribution is -0.190. The van der Waals surface area contributed by atoms with Gasteiger partial charge in [0.15, 0.2) is 5.79 Å². The minimum absolute atomic E-state index is 0.128. The van der Waals surface area contributed by atoms with E-state index in [2.05, 4.69) is 18.2 Å². The Labute approximate surface area is 106 Å². The predicted octanol–water partition coefficient (Wildman–Crippen LogP) is 1.28. The summed E-state index contributed by atoms with van der Waals surface area (Å²) in [5.41, 5.74) is 0. The van der Waals surface area contributed by atoms with Crippen molar-refractivity contribution >= 4 is 5.97 Å². The van der Waals surface area contributed by atoms with Gasteiger partial charge in [-0.05, 0) is 12.0 Å². The normalized spacial score (nSPS) is 45.9. The first-order valence-corrected chi connectivity index (χ1v) is 6.54. The molecule has 96 valence electrons. The number of hydrogen-bond donors (Lipinski definition) is 0. The maximum Gasteiger partial charge on any atom is 0.303 e. The lowest BCUT2D eigenvalue weighted by Crippen LogP contribution is -2.39. The van der Waals surface area contributed by atoms with Crippen LogP contribution in [-0.2, 0) is 19.0 Å². The predicted molar refractivity (Wildman–Crippen MR) is 62.4 cm³/mol. The van der Waals surface area contributed by atoms with Crippen LogP contribution in [0.3, 0.4) is 0 Å². The van der Waals surface area contributed by atoms with E-state index < -0.39 is 5.79 Å². The quantitative estimate of drug-likeness (QED) is 0.518. The average molecular weight is 248 g/mol. The third-order valence-electron chi connectivity index (χ3n) is 4.67. The largest absolute Gasteiger partial charge is 0.458 e. The second kappa shape index (κ2) is 3.45. The molecule has 4 aliphatic rings. The molecule has 0 aromatic carbocycles. The first kappa shape index (κ1) is 10.8. The molecule has 0 aromatic rings. The molecule has 3 aliphatic carbocycles. The van der Waals surface area contributed by atoms with E-state index >= 15 is 0 Å². The minimum Gasteiger partial charge on any atom is -0.458 e. The standard InChI is InChI=1S/C14H16O4/c1-8(15)18-12-5-2-9-10-3-4-11(13(9)12)14(10)16-6-7-17-14/h2-5,9-13H,6-7H2,1H3/t9-,10-,11-,12-,13+/m0/s1. The van der Waals surface area contributed by atoms with Crippen molar-refractivity contribution in [3.63, 3.8) is 0 Å². The second-order valence-electron chi connectivity index (χ2n) is 5.47. The number of rotatable bonds is 1. The third-order valence-corrected chi connectivity index (χ3v) is 4.67. The first-order chi connectivity index (χ1) is 8.72. The molecule has 2 fully saturated rings. The monoisotopic (exact) mass is 248 g/mol. The summed E-state index contributed by atoms with van der Waals surface area (Å²) in [5.74, 6) is 0.434. The number of hydrogen-bond acceptors (Lipinski definition) is 4. The molecule has 0 unspecified atom stereocenters. The Morgan fingerprint density at radius 2 is 1.89 bits per heavy atom. The fraction of sp³-hybridized carbons (Fsp3) is 0.643. The van der Waals surface area contributed by atoms with E-state index in [9.17, 15) is 4.79 Å². The van der Waals surface area contributed by atoms with E-state index in [1.807, 2.05) is 6.08 Å². The Kier molecular flexibility index (Phi) is 2.07. The molecule has 0 N–H and O–H groups in total. The highest BCUT2D eigenvalue weighted by Gasteiger charge is 2.67. The van der Waals surface area contributed by atoms with Crippen LogP contribution in [0.4, 0.5) is 0 Å². The van der Waals surface area contributed by atoms with Crippen molar-refractivity contribution in [1.82, 2.24) is 0 Å². The van der Waals surface area contributed by atoms with Gasteiger partial charge in [0, 0.05) is 24.7 Å². The Bertz CT molecular complexity index is 447. The molecule has 1 saturated heterocycles. The first-order valence-electron chi connectivity index (χ1n) is 6.54. The average Bonchev–Trinajstić information content (AvgIpc) is 3.05. The van der Waals surface area contributed by atoms with Crippen LogP contribution in [0.2, 0.25) is 0 Å². The smallest absolute Gasteiger partial charge is 0.303 e. The second-order valence-corrected chi connectivity index (χ2v) is 5.47. The van der Waals surface area contributed by atoms with Crippen molar-refractivity contribution in [1.29, 1.82) is 0 Å². The molecular weight excluding hydrogens is 232 g/mol. The summed E-state index contributed by atoms with van der Waals surface area (Å²) in [6.07, 6.45) is 8.44. The highest BCUT2D eigenvalue weighted by molar-refractivity contribution is 5.66. The van der Waals surface area contributed by atoms with Crippen molar-refractivity contribution < 1.29 is 19.0 Å². The number of fused-ring (bicyclic) bond motifs is 3. The van der Waals surface area contributed by atoms with E-state index in [-0.39, 0.29) is 29.8 Å². The molecule has 1 heterocycles. The van der Waals surface area contributed by atoms with Crippen LogP contribution >= 0.6 is 0 Å².